The zero-order valence-electron chi connectivity index (χ0n) is 12.9. The molecule has 2 N–H and O–H groups in total. The summed E-state index contributed by atoms with van der Waals surface area (Å²) in [4.78, 5) is 0. The van der Waals surface area contributed by atoms with Crippen LogP contribution < -0.4 is 5.14 Å². The molecule has 9 heteroatoms. The van der Waals surface area contributed by atoms with Crippen molar-refractivity contribution < 1.29 is 22.1 Å². The molecule has 3 rings (SSSR count). The standard InChI is InChI=1S/C15H19Cl2NO5S/c16-10-4-5-11(12(17)8-10)14-13(9-21-24(18,19)20)22-15(23-14)6-2-1-3-7-15/h4-5,8,13-14H,1-3,6-7,9H2,(H2,18,19,20). The average Bonchev–Trinajstić information content (AvgIpc) is 2.83. The zero-order chi connectivity index (χ0) is 17.4. The number of ether oxygens (including phenoxy) is 2. The molecule has 1 aliphatic heterocycles. The summed E-state index contributed by atoms with van der Waals surface area (Å²) in [7, 11) is -4.07. The number of hydrogen-bond acceptors (Lipinski definition) is 5. The van der Waals surface area contributed by atoms with Gasteiger partial charge >= 0.3 is 10.3 Å². The Kier molecular flexibility index (Phi) is 5.42. The summed E-state index contributed by atoms with van der Waals surface area (Å²) in [6.45, 7) is -0.232. The van der Waals surface area contributed by atoms with E-state index in [2.05, 4.69) is 0 Å². The fourth-order valence-corrected chi connectivity index (χ4v) is 4.12. The van der Waals surface area contributed by atoms with E-state index in [4.69, 9.17) is 42.0 Å². The number of hydrogen-bond donors (Lipinski definition) is 1. The van der Waals surface area contributed by atoms with Gasteiger partial charge in [-0.15, -0.1) is 0 Å². The Balaban J connectivity index is 1.87. The van der Waals surface area contributed by atoms with E-state index in [9.17, 15) is 8.42 Å². The van der Waals surface area contributed by atoms with Crippen LogP contribution in [0.4, 0.5) is 0 Å². The molecule has 0 radical (unpaired) electrons. The lowest BCUT2D eigenvalue weighted by Crippen LogP contribution is -2.34. The molecule has 1 aromatic rings. The molecule has 1 saturated carbocycles. The van der Waals surface area contributed by atoms with Gasteiger partial charge in [-0.1, -0.05) is 35.7 Å². The predicted molar refractivity (Wildman–Crippen MR) is 90.0 cm³/mol. The van der Waals surface area contributed by atoms with Crippen molar-refractivity contribution in [1.82, 2.24) is 0 Å². The first-order chi connectivity index (χ1) is 11.3. The average molecular weight is 396 g/mol. The van der Waals surface area contributed by atoms with E-state index in [0.29, 0.717) is 15.6 Å². The van der Waals surface area contributed by atoms with Crippen molar-refractivity contribution in [3.8, 4) is 0 Å². The molecule has 6 nitrogen and oxygen atoms in total. The van der Waals surface area contributed by atoms with E-state index in [1.165, 1.54) is 0 Å². The Morgan fingerprint density at radius 2 is 1.92 bits per heavy atom. The van der Waals surface area contributed by atoms with Crippen LogP contribution in [0.15, 0.2) is 18.2 Å². The minimum atomic E-state index is -4.07. The van der Waals surface area contributed by atoms with Crippen LogP contribution in [0.5, 0.6) is 0 Å². The SMILES string of the molecule is NS(=O)(=O)OCC1OC2(CCCCC2)OC1c1ccc(Cl)cc1Cl. The molecule has 0 aromatic heterocycles. The van der Waals surface area contributed by atoms with E-state index in [-0.39, 0.29) is 6.61 Å². The normalized spacial score (nSPS) is 26.8. The van der Waals surface area contributed by atoms with Crippen molar-refractivity contribution in [2.75, 3.05) is 6.61 Å². The second-order valence-electron chi connectivity index (χ2n) is 6.11. The largest absolute Gasteiger partial charge is 0.341 e. The van der Waals surface area contributed by atoms with Crippen LogP contribution in [-0.4, -0.2) is 26.9 Å². The van der Waals surface area contributed by atoms with Crippen LogP contribution in [0.2, 0.25) is 10.0 Å². The van der Waals surface area contributed by atoms with Crippen LogP contribution in [0.25, 0.3) is 0 Å². The van der Waals surface area contributed by atoms with Crippen molar-refractivity contribution in [3.05, 3.63) is 33.8 Å². The fourth-order valence-electron chi connectivity index (χ4n) is 3.28. The summed E-state index contributed by atoms with van der Waals surface area (Å²) < 4.78 is 39.3. The third kappa shape index (κ3) is 4.22. The van der Waals surface area contributed by atoms with E-state index >= 15 is 0 Å². The van der Waals surface area contributed by atoms with Crippen LogP contribution >= 0.6 is 23.2 Å². The zero-order valence-corrected chi connectivity index (χ0v) is 15.2. The number of benzene rings is 1. The molecule has 24 heavy (non-hydrogen) atoms. The van der Waals surface area contributed by atoms with Crippen molar-refractivity contribution in [1.29, 1.82) is 0 Å². The molecule has 1 aromatic carbocycles. The summed E-state index contributed by atoms with van der Waals surface area (Å²) in [5, 5.41) is 5.87. The first-order valence-corrected chi connectivity index (χ1v) is 9.98. The Morgan fingerprint density at radius 3 is 2.54 bits per heavy atom. The molecule has 2 fully saturated rings. The minimum Gasteiger partial charge on any atom is -0.341 e. The summed E-state index contributed by atoms with van der Waals surface area (Å²) in [6.07, 6.45) is 3.43. The lowest BCUT2D eigenvalue weighted by Gasteiger charge is -2.32. The molecule has 134 valence electrons. The van der Waals surface area contributed by atoms with Crippen LogP contribution in [-0.2, 0) is 24.0 Å². The van der Waals surface area contributed by atoms with Gasteiger partial charge in [0.25, 0.3) is 0 Å². The van der Waals surface area contributed by atoms with Crippen molar-refractivity contribution in [3.63, 3.8) is 0 Å². The quantitative estimate of drug-likeness (QED) is 0.844. The lowest BCUT2D eigenvalue weighted by atomic mass is 9.94. The van der Waals surface area contributed by atoms with Crippen molar-refractivity contribution in [2.24, 2.45) is 5.14 Å². The fraction of sp³-hybridized carbons (Fsp3) is 0.600. The van der Waals surface area contributed by atoms with Gasteiger partial charge in [0.1, 0.15) is 12.2 Å². The number of rotatable bonds is 4. The van der Waals surface area contributed by atoms with Gasteiger partial charge in [-0.3, -0.25) is 4.18 Å². The van der Waals surface area contributed by atoms with Gasteiger partial charge in [-0.2, -0.15) is 8.42 Å². The summed E-state index contributed by atoms with van der Waals surface area (Å²) >= 11 is 12.2. The highest BCUT2D eigenvalue weighted by atomic mass is 35.5. The maximum atomic E-state index is 11.1. The topological polar surface area (TPSA) is 87.9 Å². The molecule has 1 aliphatic carbocycles. The Labute approximate surface area is 151 Å². The molecule has 2 atom stereocenters. The smallest absolute Gasteiger partial charge is 0.333 e. The minimum absolute atomic E-state index is 0.232. The Morgan fingerprint density at radius 1 is 1.21 bits per heavy atom. The molecule has 1 spiro atoms. The molecule has 1 heterocycles. The van der Waals surface area contributed by atoms with Gasteiger partial charge in [-0.05, 0) is 25.0 Å². The van der Waals surface area contributed by atoms with Crippen molar-refractivity contribution >= 4 is 33.5 Å². The molecule has 2 unspecified atom stereocenters. The second-order valence-corrected chi connectivity index (χ2v) is 8.17. The first kappa shape index (κ1) is 18.4. The van der Waals surface area contributed by atoms with Gasteiger partial charge in [0, 0.05) is 28.5 Å². The third-order valence-electron chi connectivity index (χ3n) is 4.33. The molecule has 0 bridgehead atoms. The summed E-state index contributed by atoms with van der Waals surface area (Å²) in [6, 6.07) is 5.07. The van der Waals surface area contributed by atoms with Gasteiger partial charge in [0.15, 0.2) is 5.79 Å². The van der Waals surface area contributed by atoms with E-state index in [1.54, 1.807) is 18.2 Å². The molecule has 1 saturated heterocycles. The molecular weight excluding hydrogens is 377 g/mol. The maximum Gasteiger partial charge on any atom is 0.333 e. The predicted octanol–water partition coefficient (Wildman–Crippen LogP) is 3.33. The second kappa shape index (κ2) is 7.07. The Hall–Kier alpha value is -0.410. The van der Waals surface area contributed by atoms with Gasteiger partial charge in [-0.25, -0.2) is 5.14 Å². The lowest BCUT2D eigenvalue weighted by molar-refractivity contribution is -0.196. The highest BCUT2D eigenvalue weighted by Crippen LogP contribution is 2.47. The van der Waals surface area contributed by atoms with E-state index in [1.807, 2.05) is 0 Å². The van der Waals surface area contributed by atoms with Crippen LogP contribution in [0.1, 0.15) is 43.8 Å². The monoisotopic (exact) mass is 395 g/mol. The highest BCUT2D eigenvalue weighted by Gasteiger charge is 2.49. The highest BCUT2D eigenvalue weighted by molar-refractivity contribution is 7.84. The summed E-state index contributed by atoms with van der Waals surface area (Å²) in [5.74, 6) is -0.724. The molecular formula is C15H19Cl2NO5S. The maximum absolute atomic E-state index is 11.1. The van der Waals surface area contributed by atoms with Gasteiger partial charge < -0.3 is 9.47 Å². The number of halogens is 2. The van der Waals surface area contributed by atoms with Crippen LogP contribution in [0.3, 0.4) is 0 Å². The first-order valence-electron chi connectivity index (χ1n) is 7.76. The molecule has 0 amide bonds. The van der Waals surface area contributed by atoms with Crippen LogP contribution in [0, 0.1) is 0 Å². The van der Waals surface area contributed by atoms with Gasteiger partial charge in [0.05, 0.1) is 6.61 Å². The van der Waals surface area contributed by atoms with E-state index < -0.39 is 28.3 Å². The van der Waals surface area contributed by atoms with Crippen molar-refractivity contribution in [2.45, 2.75) is 50.1 Å². The third-order valence-corrected chi connectivity index (χ3v) is 5.35. The Bertz CT molecular complexity index is 706. The molecule has 2 aliphatic rings. The van der Waals surface area contributed by atoms with E-state index in [0.717, 1.165) is 32.1 Å². The summed E-state index contributed by atoms with van der Waals surface area (Å²) in [5.41, 5.74) is 0.687. The van der Waals surface area contributed by atoms with Gasteiger partial charge in [0.2, 0.25) is 0 Å². The number of nitrogens with two attached hydrogens (primary N) is 1.